The van der Waals surface area contributed by atoms with E-state index in [0.717, 1.165) is 18.5 Å². The monoisotopic (exact) mass is 273 g/mol. The number of rotatable bonds is 4. The first-order chi connectivity index (χ1) is 9.11. The number of anilines is 1. The SMILES string of the molecule is Cc1cccc(CN(C)c2cccc(Cl)c2C=O)c1. The molecule has 0 N–H and O–H groups in total. The summed E-state index contributed by atoms with van der Waals surface area (Å²) >= 11 is 6.04. The molecule has 2 rings (SSSR count). The number of carbonyl (C=O) groups is 1. The molecule has 0 aliphatic rings. The second-order valence-electron chi connectivity index (χ2n) is 4.64. The Morgan fingerprint density at radius 3 is 2.63 bits per heavy atom. The van der Waals surface area contributed by atoms with Crippen molar-refractivity contribution in [2.24, 2.45) is 0 Å². The quantitative estimate of drug-likeness (QED) is 0.782. The summed E-state index contributed by atoms with van der Waals surface area (Å²) in [5, 5.41) is 0.489. The van der Waals surface area contributed by atoms with Crippen LogP contribution in [0.3, 0.4) is 0 Å². The Kier molecular flexibility index (Phi) is 4.23. The second-order valence-corrected chi connectivity index (χ2v) is 5.04. The van der Waals surface area contributed by atoms with Crippen molar-refractivity contribution in [3.63, 3.8) is 0 Å². The van der Waals surface area contributed by atoms with Crippen molar-refractivity contribution in [3.8, 4) is 0 Å². The maximum absolute atomic E-state index is 11.1. The number of aldehydes is 1. The van der Waals surface area contributed by atoms with Crippen LogP contribution in [0.2, 0.25) is 5.02 Å². The minimum Gasteiger partial charge on any atom is -0.370 e. The van der Waals surface area contributed by atoms with E-state index in [1.807, 2.05) is 30.1 Å². The number of carbonyl (C=O) groups excluding carboxylic acids is 1. The average molecular weight is 274 g/mol. The molecular formula is C16H16ClNO. The van der Waals surface area contributed by atoms with Crippen molar-refractivity contribution in [1.82, 2.24) is 0 Å². The lowest BCUT2D eigenvalue weighted by Crippen LogP contribution is -2.18. The van der Waals surface area contributed by atoms with Crippen LogP contribution in [0.5, 0.6) is 0 Å². The third-order valence-corrected chi connectivity index (χ3v) is 3.39. The van der Waals surface area contributed by atoms with Gasteiger partial charge in [-0.1, -0.05) is 47.5 Å². The van der Waals surface area contributed by atoms with Crippen molar-refractivity contribution in [3.05, 3.63) is 64.2 Å². The standard InChI is InChI=1S/C16H16ClNO/c1-12-5-3-6-13(9-12)10-18(2)16-8-4-7-15(17)14(16)11-19/h3-9,11H,10H2,1-2H3. The molecule has 0 aliphatic carbocycles. The molecule has 2 aromatic carbocycles. The van der Waals surface area contributed by atoms with E-state index in [9.17, 15) is 4.79 Å². The van der Waals surface area contributed by atoms with Crippen LogP contribution in [0.4, 0.5) is 5.69 Å². The van der Waals surface area contributed by atoms with Gasteiger partial charge in [0.2, 0.25) is 0 Å². The molecule has 2 aromatic rings. The maximum atomic E-state index is 11.1. The van der Waals surface area contributed by atoms with E-state index in [1.165, 1.54) is 11.1 Å². The molecule has 0 saturated carbocycles. The molecule has 0 saturated heterocycles. The van der Waals surface area contributed by atoms with Crippen LogP contribution >= 0.6 is 11.6 Å². The first-order valence-electron chi connectivity index (χ1n) is 6.12. The number of aryl methyl sites for hydroxylation is 1. The van der Waals surface area contributed by atoms with Crippen LogP contribution < -0.4 is 4.90 Å². The number of hydrogen-bond donors (Lipinski definition) is 0. The van der Waals surface area contributed by atoms with Crippen molar-refractivity contribution in [2.75, 3.05) is 11.9 Å². The minimum atomic E-state index is 0.489. The maximum Gasteiger partial charge on any atom is 0.153 e. The average Bonchev–Trinajstić information content (AvgIpc) is 2.38. The third-order valence-electron chi connectivity index (χ3n) is 3.06. The third kappa shape index (κ3) is 3.15. The Morgan fingerprint density at radius 2 is 1.95 bits per heavy atom. The van der Waals surface area contributed by atoms with Crippen LogP contribution in [0.1, 0.15) is 21.5 Å². The molecule has 0 aliphatic heterocycles. The Labute approximate surface area is 118 Å². The number of benzene rings is 2. The van der Waals surface area contributed by atoms with Gasteiger partial charge in [0, 0.05) is 19.3 Å². The molecule has 0 atom stereocenters. The molecule has 2 nitrogen and oxygen atoms in total. The van der Waals surface area contributed by atoms with Gasteiger partial charge in [-0.2, -0.15) is 0 Å². The van der Waals surface area contributed by atoms with E-state index >= 15 is 0 Å². The van der Waals surface area contributed by atoms with Gasteiger partial charge in [0.25, 0.3) is 0 Å². The lowest BCUT2D eigenvalue weighted by Gasteiger charge is -2.21. The number of nitrogens with zero attached hydrogens (tertiary/aromatic N) is 1. The van der Waals surface area contributed by atoms with Gasteiger partial charge in [-0.3, -0.25) is 4.79 Å². The largest absolute Gasteiger partial charge is 0.370 e. The molecular weight excluding hydrogens is 258 g/mol. The van der Waals surface area contributed by atoms with Crippen LogP contribution in [-0.4, -0.2) is 13.3 Å². The zero-order valence-electron chi connectivity index (χ0n) is 11.1. The summed E-state index contributed by atoms with van der Waals surface area (Å²) in [6.45, 7) is 2.81. The summed E-state index contributed by atoms with van der Waals surface area (Å²) in [6.07, 6.45) is 0.810. The van der Waals surface area contributed by atoms with E-state index in [4.69, 9.17) is 11.6 Å². The Hall–Kier alpha value is -1.80. The predicted molar refractivity (Wildman–Crippen MR) is 80.1 cm³/mol. The highest BCUT2D eigenvalue weighted by atomic mass is 35.5. The molecule has 98 valence electrons. The van der Waals surface area contributed by atoms with E-state index in [2.05, 4.69) is 25.1 Å². The highest BCUT2D eigenvalue weighted by molar-refractivity contribution is 6.33. The van der Waals surface area contributed by atoms with Gasteiger partial charge < -0.3 is 4.90 Å². The summed E-state index contributed by atoms with van der Waals surface area (Å²) in [7, 11) is 1.96. The molecule has 0 fully saturated rings. The summed E-state index contributed by atoms with van der Waals surface area (Å²) in [4.78, 5) is 13.2. The minimum absolute atomic E-state index is 0.489. The van der Waals surface area contributed by atoms with Gasteiger partial charge in [0.1, 0.15) is 0 Å². The molecule has 0 aromatic heterocycles. The Balaban J connectivity index is 2.27. The summed E-state index contributed by atoms with van der Waals surface area (Å²) in [6, 6.07) is 13.8. The Morgan fingerprint density at radius 1 is 1.21 bits per heavy atom. The topological polar surface area (TPSA) is 20.3 Å². The predicted octanol–water partition coefficient (Wildman–Crippen LogP) is 4.10. The van der Waals surface area contributed by atoms with Gasteiger partial charge in [0.05, 0.1) is 10.6 Å². The van der Waals surface area contributed by atoms with Crippen molar-refractivity contribution in [1.29, 1.82) is 0 Å². The molecule has 0 spiro atoms. The van der Waals surface area contributed by atoms with Gasteiger partial charge >= 0.3 is 0 Å². The van der Waals surface area contributed by atoms with Gasteiger partial charge in [0.15, 0.2) is 6.29 Å². The van der Waals surface area contributed by atoms with Gasteiger partial charge in [-0.25, -0.2) is 0 Å². The fraction of sp³-hybridized carbons (Fsp3) is 0.188. The number of halogens is 1. The first-order valence-corrected chi connectivity index (χ1v) is 6.50. The fourth-order valence-corrected chi connectivity index (χ4v) is 2.36. The molecule has 0 radical (unpaired) electrons. The fourth-order valence-electron chi connectivity index (χ4n) is 2.14. The zero-order chi connectivity index (χ0) is 13.8. The number of hydrogen-bond acceptors (Lipinski definition) is 2. The van der Waals surface area contributed by atoms with E-state index < -0.39 is 0 Å². The van der Waals surface area contributed by atoms with Crippen LogP contribution in [0, 0.1) is 6.92 Å². The van der Waals surface area contributed by atoms with Crippen molar-refractivity contribution in [2.45, 2.75) is 13.5 Å². The van der Waals surface area contributed by atoms with Crippen molar-refractivity contribution < 1.29 is 4.79 Å². The summed E-state index contributed by atoms with van der Waals surface area (Å²) in [5.74, 6) is 0. The lowest BCUT2D eigenvalue weighted by atomic mass is 10.1. The first kappa shape index (κ1) is 13.6. The highest BCUT2D eigenvalue weighted by Gasteiger charge is 2.10. The van der Waals surface area contributed by atoms with E-state index in [0.29, 0.717) is 10.6 Å². The van der Waals surface area contributed by atoms with Gasteiger partial charge in [-0.05, 0) is 24.6 Å². The summed E-state index contributed by atoms with van der Waals surface area (Å²) < 4.78 is 0. The molecule has 19 heavy (non-hydrogen) atoms. The lowest BCUT2D eigenvalue weighted by molar-refractivity contribution is 0.112. The molecule has 3 heteroatoms. The van der Waals surface area contributed by atoms with E-state index in [1.54, 1.807) is 6.07 Å². The zero-order valence-corrected chi connectivity index (χ0v) is 11.8. The van der Waals surface area contributed by atoms with E-state index in [-0.39, 0.29) is 0 Å². The molecule has 0 unspecified atom stereocenters. The second kappa shape index (κ2) is 5.89. The van der Waals surface area contributed by atoms with Crippen LogP contribution in [0.15, 0.2) is 42.5 Å². The Bertz CT molecular complexity index is 595. The summed E-state index contributed by atoms with van der Waals surface area (Å²) in [5.41, 5.74) is 3.83. The molecule has 0 amide bonds. The van der Waals surface area contributed by atoms with Crippen LogP contribution in [0.25, 0.3) is 0 Å². The molecule has 0 heterocycles. The molecule has 0 bridgehead atoms. The smallest absolute Gasteiger partial charge is 0.153 e. The highest BCUT2D eigenvalue weighted by Crippen LogP contribution is 2.26. The van der Waals surface area contributed by atoms with Gasteiger partial charge in [-0.15, -0.1) is 0 Å². The van der Waals surface area contributed by atoms with Crippen molar-refractivity contribution >= 4 is 23.6 Å². The normalized spacial score (nSPS) is 10.3. The van der Waals surface area contributed by atoms with Crippen LogP contribution in [-0.2, 0) is 6.54 Å².